The second-order valence-corrected chi connectivity index (χ2v) is 11.3. The Hall–Kier alpha value is -4.61. The molecule has 10 nitrogen and oxygen atoms in total. The Morgan fingerprint density at radius 1 is 1.07 bits per heavy atom. The first-order valence-electron chi connectivity index (χ1n) is 13.1. The third-order valence-corrected chi connectivity index (χ3v) is 7.06. The normalized spacial score (nSPS) is 13.7. The number of amides is 1. The van der Waals surface area contributed by atoms with Crippen LogP contribution in [0.15, 0.2) is 54.9 Å². The van der Waals surface area contributed by atoms with Gasteiger partial charge in [-0.05, 0) is 74.4 Å². The van der Waals surface area contributed by atoms with E-state index in [2.05, 4.69) is 15.3 Å². The highest BCUT2D eigenvalue weighted by molar-refractivity contribution is 6.35. The molecule has 1 fully saturated rings. The van der Waals surface area contributed by atoms with Crippen LogP contribution >= 0.6 is 11.6 Å². The number of carbonyl (C=O) groups excluding carboxylic acids is 1. The number of carbonyl (C=O) groups is 2. The van der Waals surface area contributed by atoms with Gasteiger partial charge in [0, 0.05) is 12.4 Å². The van der Waals surface area contributed by atoms with Crippen LogP contribution < -0.4 is 5.32 Å². The van der Waals surface area contributed by atoms with E-state index < -0.39 is 23.5 Å². The molecular formula is C30H25ClFN5O5. The quantitative estimate of drug-likeness (QED) is 0.235. The topological polar surface area (TPSA) is 128 Å². The van der Waals surface area contributed by atoms with Crippen molar-refractivity contribution in [1.82, 2.24) is 19.5 Å². The van der Waals surface area contributed by atoms with Gasteiger partial charge in [-0.2, -0.15) is 0 Å². The average molecular weight is 590 g/mol. The van der Waals surface area contributed by atoms with Gasteiger partial charge in [-0.25, -0.2) is 23.9 Å². The number of hydrogen-bond acceptors (Lipinski definition) is 7. The molecule has 42 heavy (non-hydrogen) atoms. The molecular weight excluding hydrogens is 565 g/mol. The highest BCUT2D eigenvalue weighted by Crippen LogP contribution is 2.38. The number of benzene rings is 2. The van der Waals surface area contributed by atoms with E-state index in [-0.39, 0.29) is 38.7 Å². The molecule has 0 bridgehead atoms. The number of nitrogens with one attached hydrogen (secondary N) is 1. The number of pyridine rings is 2. The SMILES string of the molecule is CC(C)(C)OC(=O)Nc1cc(-c2cc(C(=O)O)c3nc(C4COC4)n(-c4ccnc5c(Cl)ccc(F)c45)c3c2)ccn1. The first-order chi connectivity index (χ1) is 20.0. The standard InChI is InChI=1S/C30H25ClFN5O5/c1-30(2,3)42-29(40)35-23-12-15(6-8-33-23)16-10-18(28(38)39)25-22(11-16)37(27(36-25)17-13-41-14-17)21-7-9-34-26-19(31)4-5-20(32)24(21)26/h4-12,17H,13-14H2,1-3H3,(H,38,39)(H,33,35,40). The van der Waals surface area contributed by atoms with Crippen molar-refractivity contribution in [1.29, 1.82) is 0 Å². The van der Waals surface area contributed by atoms with E-state index in [0.717, 1.165) is 0 Å². The number of rotatable bonds is 5. The molecule has 6 rings (SSSR count). The van der Waals surface area contributed by atoms with Crippen LogP contribution in [0.4, 0.5) is 15.0 Å². The van der Waals surface area contributed by atoms with Gasteiger partial charge < -0.3 is 14.6 Å². The second kappa shape index (κ2) is 10.3. The van der Waals surface area contributed by atoms with Crippen molar-refractivity contribution in [3.8, 4) is 16.8 Å². The van der Waals surface area contributed by atoms with E-state index in [0.29, 0.717) is 41.4 Å². The van der Waals surface area contributed by atoms with Crippen molar-refractivity contribution in [3.05, 3.63) is 77.1 Å². The van der Waals surface area contributed by atoms with Gasteiger partial charge in [-0.15, -0.1) is 0 Å². The molecule has 0 unspecified atom stereocenters. The number of anilines is 1. The van der Waals surface area contributed by atoms with Crippen LogP contribution in [0.5, 0.6) is 0 Å². The maximum absolute atomic E-state index is 15.3. The van der Waals surface area contributed by atoms with E-state index in [4.69, 9.17) is 26.1 Å². The molecule has 0 spiro atoms. The summed E-state index contributed by atoms with van der Waals surface area (Å²) in [6.07, 6.45) is 2.34. The molecule has 0 aliphatic carbocycles. The van der Waals surface area contributed by atoms with Crippen molar-refractivity contribution in [3.63, 3.8) is 0 Å². The Bertz CT molecular complexity index is 1900. The third-order valence-electron chi connectivity index (χ3n) is 6.75. The molecule has 2 N–H and O–H groups in total. The van der Waals surface area contributed by atoms with E-state index >= 15 is 4.39 Å². The zero-order valence-corrected chi connectivity index (χ0v) is 23.6. The fraction of sp³-hybridized carbons (Fsp3) is 0.233. The monoisotopic (exact) mass is 589 g/mol. The number of ether oxygens (including phenoxy) is 2. The van der Waals surface area contributed by atoms with Gasteiger partial charge in [-0.1, -0.05) is 11.6 Å². The second-order valence-electron chi connectivity index (χ2n) is 10.9. The van der Waals surface area contributed by atoms with Gasteiger partial charge in [-0.3, -0.25) is 14.9 Å². The minimum absolute atomic E-state index is 0.0435. The summed E-state index contributed by atoms with van der Waals surface area (Å²) in [4.78, 5) is 38.1. The Morgan fingerprint density at radius 3 is 2.52 bits per heavy atom. The number of carboxylic acids is 1. The average Bonchev–Trinajstić information content (AvgIpc) is 3.26. The minimum Gasteiger partial charge on any atom is -0.478 e. The summed E-state index contributed by atoms with van der Waals surface area (Å²) in [5, 5.41) is 13.3. The maximum Gasteiger partial charge on any atom is 0.413 e. The number of aromatic carboxylic acids is 1. The highest BCUT2D eigenvalue weighted by atomic mass is 35.5. The van der Waals surface area contributed by atoms with Gasteiger partial charge >= 0.3 is 12.1 Å². The molecule has 0 atom stereocenters. The lowest BCUT2D eigenvalue weighted by molar-refractivity contribution is 0.00449. The van der Waals surface area contributed by atoms with E-state index in [9.17, 15) is 14.7 Å². The molecule has 0 radical (unpaired) electrons. The fourth-order valence-electron chi connectivity index (χ4n) is 4.89. The van der Waals surface area contributed by atoms with Crippen LogP contribution in [0.1, 0.15) is 42.9 Å². The molecule has 1 aliphatic rings. The van der Waals surface area contributed by atoms with Crippen molar-refractivity contribution < 1.29 is 28.6 Å². The summed E-state index contributed by atoms with van der Waals surface area (Å²) < 4.78 is 27.8. The van der Waals surface area contributed by atoms with Crippen LogP contribution in [-0.2, 0) is 9.47 Å². The van der Waals surface area contributed by atoms with Crippen LogP contribution in [0.25, 0.3) is 38.8 Å². The third kappa shape index (κ3) is 5.01. The number of hydrogen-bond donors (Lipinski definition) is 2. The highest BCUT2D eigenvalue weighted by Gasteiger charge is 2.30. The number of nitrogens with zero attached hydrogens (tertiary/aromatic N) is 4. The summed E-state index contributed by atoms with van der Waals surface area (Å²) in [5.41, 5.74) is 1.72. The van der Waals surface area contributed by atoms with Gasteiger partial charge in [0.05, 0.1) is 51.8 Å². The summed E-state index contributed by atoms with van der Waals surface area (Å²) in [7, 11) is 0. The molecule has 214 valence electrons. The Kier molecular flexibility index (Phi) is 6.78. The largest absolute Gasteiger partial charge is 0.478 e. The van der Waals surface area contributed by atoms with Gasteiger partial charge in [0.25, 0.3) is 0 Å². The van der Waals surface area contributed by atoms with Crippen molar-refractivity contribution in [2.75, 3.05) is 18.5 Å². The van der Waals surface area contributed by atoms with Crippen molar-refractivity contribution in [2.24, 2.45) is 0 Å². The number of halogens is 2. The Balaban J connectivity index is 1.57. The lowest BCUT2D eigenvalue weighted by Crippen LogP contribution is -2.28. The summed E-state index contributed by atoms with van der Waals surface area (Å²) in [6.45, 7) is 6.01. The molecule has 1 aliphatic heterocycles. The number of imidazole rings is 1. The van der Waals surface area contributed by atoms with Gasteiger partial charge in [0.2, 0.25) is 0 Å². The molecule has 1 amide bonds. The van der Waals surface area contributed by atoms with Crippen LogP contribution in [0.2, 0.25) is 5.02 Å². The molecule has 3 aromatic heterocycles. The lowest BCUT2D eigenvalue weighted by atomic mass is 10.0. The van der Waals surface area contributed by atoms with E-state index in [1.165, 1.54) is 30.6 Å². The minimum atomic E-state index is -1.18. The Morgan fingerprint density at radius 2 is 1.83 bits per heavy atom. The smallest absolute Gasteiger partial charge is 0.413 e. The molecule has 2 aromatic carbocycles. The molecule has 0 saturated carbocycles. The lowest BCUT2D eigenvalue weighted by Gasteiger charge is -2.26. The zero-order chi connectivity index (χ0) is 29.8. The van der Waals surface area contributed by atoms with Crippen LogP contribution in [0, 0.1) is 5.82 Å². The molecule has 5 aromatic rings. The van der Waals surface area contributed by atoms with Gasteiger partial charge in [0.15, 0.2) is 0 Å². The predicted octanol–water partition coefficient (Wildman–Crippen LogP) is 6.59. The van der Waals surface area contributed by atoms with Crippen LogP contribution in [0.3, 0.4) is 0 Å². The summed E-state index contributed by atoms with van der Waals surface area (Å²) in [5.74, 6) is -1.10. The zero-order valence-electron chi connectivity index (χ0n) is 22.8. The number of fused-ring (bicyclic) bond motifs is 2. The first-order valence-corrected chi connectivity index (χ1v) is 13.4. The summed E-state index contributed by atoms with van der Waals surface area (Å²) >= 11 is 6.38. The molecule has 12 heteroatoms. The van der Waals surface area contributed by atoms with Crippen molar-refractivity contribution >= 4 is 51.4 Å². The Labute approximate surface area is 244 Å². The predicted molar refractivity (Wildman–Crippen MR) is 155 cm³/mol. The van der Waals surface area contributed by atoms with Crippen LogP contribution in [-0.4, -0.2) is 55.5 Å². The van der Waals surface area contributed by atoms with E-state index in [1.807, 2.05) is 0 Å². The molecule has 4 heterocycles. The number of aromatic nitrogens is 4. The first kappa shape index (κ1) is 27.6. The van der Waals surface area contributed by atoms with Crippen molar-refractivity contribution in [2.45, 2.75) is 32.3 Å². The van der Waals surface area contributed by atoms with Gasteiger partial charge in [0.1, 0.15) is 28.6 Å². The van der Waals surface area contributed by atoms with E-state index in [1.54, 1.807) is 49.6 Å². The molecule has 1 saturated heterocycles. The fourth-order valence-corrected chi connectivity index (χ4v) is 5.09. The summed E-state index contributed by atoms with van der Waals surface area (Å²) in [6, 6.07) is 10.9. The maximum atomic E-state index is 15.3. The number of carboxylic acid groups (broad SMARTS) is 1.